The molecular formula is C12H15BrFNO4S. The van der Waals surface area contributed by atoms with Crippen molar-refractivity contribution in [3.8, 4) is 0 Å². The monoisotopic (exact) mass is 367 g/mol. The number of sulfonamides is 1. The number of nitrogens with zero attached hydrogens (tertiary/aromatic N) is 1. The Balaban J connectivity index is 2.29. The first-order valence-electron chi connectivity index (χ1n) is 5.91. The molecule has 8 heteroatoms. The summed E-state index contributed by atoms with van der Waals surface area (Å²) in [5, 5.41) is 0. The number of methoxy groups -OCH3 is 2. The molecule has 5 nitrogen and oxygen atoms in total. The van der Waals surface area contributed by atoms with Gasteiger partial charge in [-0.1, -0.05) is 0 Å². The molecule has 0 amide bonds. The highest BCUT2D eigenvalue weighted by molar-refractivity contribution is 9.10. The molecule has 2 unspecified atom stereocenters. The van der Waals surface area contributed by atoms with Gasteiger partial charge in [0.2, 0.25) is 10.0 Å². The lowest BCUT2D eigenvalue weighted by molar-refractivity contribution is -0.00461. The van der Waals surface area contributed by atoms with Gasteiger partial charge in [0.15, 0.2) is 0 Å². The summed E-state index contributed by atoms with van der Waals surface area (Å²) in [5.41, 5.74) is 0. The molecule has 1 aliphatic rings. The maximum atomic E-state index is 13.5. The van der Waals surface area contributed by atoms with E-state index in [9.17, 15) is 12.8 Å². The van der Waals surface area contributed by atoms with Gasteiger partial charge in [-0.15, -0.1) is 0 Å². The van der Waals surface area contributed by atoms with Gasteiger partial charge in [-0.05, 0) is 34.1 Å². The fourth-order valence-electron chi connectivity index (χ4n) is 2.15. The van der Waals surface area contributed by atoms with E-state index in [1.807, 2.05) is 0 Å². The smallest absolute Gasteiger partial charge is 0.243 e. The van der Waals surface area contributed by atoms with E-state index in [2.05, 4.69) is 15.9 Å². The van der Waals surface area contributed by atoms with Crippen LogP contribution in [0.4, 0.5) is 4.39 Å². The minimum atomic E-state index is -3.75. The summed E-state index contributed by atoms with van der Waals surface area (Å²) in [6.07, 6.45) is -0.648. The summed E-state index contributed by atoms with van der Waals surface area (Å²) in [6.45, 7) is 0.379. The average Bonchev–Trinajstić information content (AvgIpc) is 2.85. The van der Waals surface area contributed by atoms with E-state index in [-0.39, 0.29) is 34.7 Å². The number of hydrogen-bond acceptors (Lipinski definition) is 4. The van der Waals surface area contributed by atoms with E-state index in [1.54, 1.807) is 0 Å². The SMILES string of the molecule is COC1CN(S(=O)(=O)c2ccc(Br)c(F)c2)CC1OC. The Morgan fingerprint density at radius 2 is 1.80 bits per heavy atom. The van der Waals surface area contributed by atoms with Crippen molar-refractivity contribution in [2.24, 2.45) is 0 Å². The predicted molar refractivity (Wildman–Crippen MR) is 74.5 cm³/mol. The molecule has 0 spiro atoms. The van der Waals surface area contributed by atoms with E-state index in [0.717, 1.165) is 6.07 Å². The van der Waals surface area contributed by atoms with Crippen LogP contribution in [-0.2, 0) is 19.5 Å². The van der Waals surface area contributed by atoms with Gasteiger partial charge in [-0.2, -0.15) is 4.31 Å². The number of hydrogen-bond donors (Lipinski definition) is 0. The topological polar surface area (TPSA) is 55.8 Å². The molecule has 0 N–H and O–H groups in total. The van der Waals surface area contributed by atoms with Crippen molar-refractivity contribution in [2.45, 2.75) is 17.1 Å². The van der Waals surface area contributed by atoms with Crippen molar-refractivity contribution in [3.63, 3.8) is 0 Å². The molecule has 2 atom stereocenters. The van der Waals surface area contributed by atoms with Crippen LogP contribution in [0.25, 0.3) is 0 Å². The van der Waals surface area contributed by atoms with Crippen LogP contribution in [0.3, 0.4) is 0 Å². The summed E-state index contributed by atoms with van der Waals surface area (Å²) < 4.78 is 50.3. The largest absolute Gasteiger partial charge is 0.377 e. The second-order valence-electron chi connectivity index (χ2n) is 4.45. The van der Waals surface area contributed by atoms with Crippen molar-refractivity contribution in [1.29, 1.82) is 0 Å². The Bertz CT molecular complexity index is 583. The van der Waals surface area contributed by atoms with E-state index in [1.165, 1.54) is 30.7 Å². The molecule has 0 saturated carbocycles. The van der Waals surface area contributed by atoms with Crippen LogP contribution in [0.1, 0.15) is 0 Å². The second kappa shape index (κ2) is 6.07. The molecule has 0 bridgehead atoms. The lowest BCUT2D eigenvalue weighted by Gasteiger charge is -2.16. The van der Waals surface area contributed by atoms with Crippen LogP contribution in [0.5, 0.6) is 0 Å². The Hall–Kier alpha value is -0.540. The van der Waals surface area contributed by atoms with Crippen molar-refractivity contribution < 1.29 is 22.3 Å². The minimum absolute atomic E-state index is 0.0789. The first kappa shape index (κ1) is 15.8. The van der Waals surface area contributed by atoms with Crippen LogP contribution in [0.2, 0.25) is 0 Å². The zero-order chi connectivity index (χ0) is 14.9. The third-order valence-corrected chi connectivity index (χ3v) is 5.79. The molecule has 0 aromatic heterocycles. The number of ether oxygens (including phenoxy) is 2. The van der Waals surface area contributed by atoms with Gasteiger partial charge < -0.3 is 9.47 Å². The van der Waals surface area contributed by atoms with Crippen LogP contribution in [0.15, 0.2) is 27.6 Å². The lowest BCUT2D eigenvalue weighted by Crippen LogP contribution is -2.30. The highest BCUT2D eigenvalue weighted by atomic mass is 79.9. The fourth-order valence-corrected chi connectivity index (χ4v) is 3.87. The maximum absolute atomic E-state index is 13.5. The quantitative estimate of drug-likeness (QED) is 0.811. The van der Waals surface area contributed by atoms with E-state index >= 15 is 0 Å². The van der Waals surface area contributed by atoms with Gasteiger partial charge in [0.05, 0.1) is 21.6 Å². The van der Waals surface area contributed by atoms with Gasteiger partial charge in [0.25, 0.3) is 0 Å². The van der Waals surface area contributed by atoms with Gasteiger partial charge in [-0.25, -0.2) is 12.8 Å². The van der Waals surface area contributed by atoms with Gasteiger partial charge in [0.1, 0.15) is 5.82 Å². The zero-order valence-corrected chi connectivity index (χ0v) is 13.4. The van der Waals surface area contributed by atoms with Crippen LogP contribution in [-0.4, -0.2) is 52.2 Å². The first-order valence-corrected chi connectivity index (χ1v) is 8.14. The maximum Gasteiger partial charge on any atom is 0.243 e. The average molecular weight is 368 g/mol. The standard InChI is InChI=1S/C12H15BrFNO4S/c1-18-11-6-15(7-12(11)19-2)20(16,17)8-3-4-9(13)10(14)5-8/h3-5,11-12H,6-7H2,1-2H3. The van der Waals surface area contributed by atoms with Crippen molar-refractivity contribution in [2.75, 3.05) is 27.3 Å². The molecule has 1 fully saturated rings. The number of benzene rings is 1. The van der Waals surface area contributed by atoms with E-state index in [0.29, 0.717) is 0 Å². The molecule has 1 aromatic carbocycles. The molecule has 112 valence electrons. The minimum Gasteiger partial charge on any atom is -0.377 e. The summed E-state index contributed by atoms with van der Waals surface area (Å²) >= 11 is 3.00. The molecule has 1 aliphatic heterocycles. The highest BCUT2D eigenvalue weighted by Crippen LogP contribution is 2.26. The number of rotatable bonds is 4. The van der Waals surface area contributed by atoms with E-state index in [4.69, 9.17) is 9.47 Å². The summed E-state index contributed by atoms with van der Waals surface area (Å²) in [6, 6.07) is 3.74. The van der Waals surface area contributed by atoms with Crippen molar-refractivity contribution in [3.05, 3.63) is 28.5 Å². The first-order chi connectivity index (χ1) is 9.40. The molecule has 1 heterocycles. The van der Waals surface area contributed by atoms with Gasteiger partial charge in [0, 0.05) is 27.3 Å². The zero-order valence-electron chi connectivity index (χ0n) is 11.0. The third kappa shape index (κ3) is 2.89. The molecule has 1 aromatic rings. The normalized spacial score (nSPS) is 24.2. The second-order valence-corrected chi connectivity index (χ2v) is 7.24. The van der Waals surface area contributed by atoms with Crippen molar-refractivity contribution >= 4 is 26.0 Å². The van der Waals surface area contributed by atoms with Crippen LogP contribution in [0, 0.1) is 5.82 Å². The Kier molecular flexibility index (Phi) is 4.80. The summed E-state index contributed by atoms with van der Waals surface area (Å²) in [5.74, 6) is -0.614. The molecule has 1 saturated heterocycles. The Labute approximate surface area is 125 Å². The molecule has 0 aliphatic carbocycles. The molecule has 0 radical (unpaired) electrons. The highest BCUT2D eigenvalue weighted by Gasteiger charge is 2.39. The molecule has 20 heavy (non-hydrogen) atoms. The van der Waals surface area contributed by atoms with Crippen LogP contribution < -0.4 is 0 Å². The fraction of sp³-hybridized carbons (Fsp3) is 0.500. The van der Waals surface area contributed by atoms with E-state index < -0.39 is 15.8 Å². The van der Waals surface area contributed by atoms with Gasteiger partial charge in [-0.3, -0.25) is 0 Å². The van der Waals surface area contributed by atoms with Gasteiger partial charge >= 0.3 is 0 Å². The third-order valence-electron chi connectivity index (χ3n) is 3.32. The summed E-state index contributed by atoms with van der Waals surface area (Å²) in [4.78, 5) is -0.0789. The lowest BCUT2D eigenvalue weighted by atomic mass is 10.3. The predicted octanol–water partition coefficient (Wildman–Crippen LogP) is 1.62. The number of halogens is 2. The Morgan fingerprint density at radius 1 is 1.25 bits per heavy atom. The Morgan fingerprint density at radius 3 is 2.25 bits per heavy atom. The molecule has 2 rings (SSSR count). The van der Waals surface area contributed by atoms with Crippen LogP contribution >= 0.6 is 15.9 Å². The molecular weight excluding hydrogens is 353 g/mol. The van der Waals surface area contributed by atoms with Crippen molar-refractivity contribution in [1.82, 2.24) is 4.31 Å². The summed E-state index contributed by atoms with van der Waals surface area (Å²) in [7, 11) is -0.739.